The van der Waals surface area contributed by atoms with Gasteiger partial charge in [-0.1, -0.05) is 12.2 Å². The third kappa shape index (κ3) is 2.40. The van der Waals surface area contributed by atoms with Gasteiger partial charge in [0.25, 0.3) is 0 Å². The highest BCUT2D eigenvalue weighted by molar-refractivity contribution is 5.98. The number of rotatable bonds is 3. The fourth-order valence-corrected chi connectivity index (χ4v) is 3.37. The lowest BCUT2D eigenvalue weighted by atomic mass is 9.89. The van der Waals surface area contributed by atoms with Crippen molar-refractivity contribution in [3.05, 3.63) is 12.2 Å². The van der Waals surface area contributed by atoms with Gasteiger partial charge in [-0.25, -0.2) is 0 Å². The minimum atomic E-state index is -0.639. The first-order chi connectivity index (χ1) is 9.09. The molecule has 2 amide bonds. The van der Waals surface area contributed by atoms with Gasteiger partial charge in [-0.3, -0.25) is 9.59 Å². The largest absolute Gasteiger partial charge is 0.340 e. The van der Waals surface area contributed by atoms with Gasteiger partial charge in [0.15, 0.2) is 0 Å². The first kappa shape index (κ1) is 12.7. The van der Waals surface area contributed by atoms with E-state index in [-0.39, 0.29) is 18.4 Å². The summed E-state index contributed by atoms with van der Waals surface area (Å²) in [7, 11) is 0. The maximum absolute atomic E-state index is 12.6. The quantitative estimate of drug-likeness (QED) is 0.783. The molecule has 2 atom stereocenters. The Balaban J connectivity index is 1.71. The van der Waals surface area contributed by atoms with Crippen molar-refractivity contribution in [2.75, 3.05) is 13.1 Å². The van der Waals surface area contributed by atoms with Crippen LogP contribution >= 0.6 is 0 Å². The van der Waals surface area contributed by atoms with Gasteiger partial charge in [-0.15, -0.1) is 0 Å². The molecule has 2 fully saturated rings. The molecule has 1 N–H and O–H groups in total. The van der Waals surface area contributed by atoms with Crippen LogP contribution in [0.5, 0.6) is 0 Å². The fourth-order valence-electron chi connectivity index (χ4n) is 3.37. The molecule has 2 unspecified atom stereocenters. The van der Waals surface area contributed by atoms with Crippen LogP contribution < -0.4 is 5.32 Å². The molecular weight excluding hydrogens is 240 g/mol. The van der Waals surface area contributed by atoms with Crippen molar-refractivity contribution >= 4 is 11.8 Å². The molecule has 1 heterocycles. The zero-order valence-corrected chi connectivity index (χ0v) is 11.5. The van der Waals surface area contributed by atoms with Crippen molar-refractivity contribution in [2.24, 2.45) is 11.8 Å². The highest BCUT2D eigenvalue weighted by Crippen LogP contribution is 2.41. The molecule has 1 aliphatic heterocycles. The maximum Gasteiger partial charge on any atom is 0.248 e. The topological polar surface area (TPSA) is 49.4 Å². The second kappa shape index (κ2) is 4.66. The van der Waals surface area contributed by atoms with Crippen LogP contribution in [-0.4, -0.2) is 35.3 Å². The SMILES string of the molecule is CC1(C2CC2)NC(=O)CN(CC2CC=CCC2)C1=O. The van der Waals surface area contributed by atoms with Crippen LogP contribution in [0.1, 0.15) is 39.0 Å². The number of nitrogens with zero attached hydrogens (tertiary/aromatic N) is 1. The Hall–Kier alpha value is -1.32. The summed E-state index contributed by atoms with van der Waals surface area (Å²) in [6.45, 7) is 2.87. The van der Waals surface area contributed by atoms with Gasteiger partial charge in [0, 0.05) is 6.54 Å². The van der Waals surface area contributed by atoms with Gasteiger partial charge in [0.2, 0.25) is 11.8 Å². The lowest BCUT2D eigenvalue weighted by Crippen LogP contribution is -2.66. The molecule has 0 aromatic rings. The zero-order valence-electron chi connectivity index (χ0n) is 11.5. The number of hydrogen-bond acceptors (Lipinski definition) is 2. The Bertz CT molecular complexity index is 428. The molecule has 0 aromatic carbocycles. The van der Waals surface area contributed by atoms with E-state index in [0.717, 1.165) is 38.6 Å². The average Bonchev–Trinajstić information content (AvgIpc) is 3.21. The average molecular weight is 262 g/mol. The lowest BCUT2D eigenvalue weighted by molar-refractivity contribution is -0.150. The second-order valence-corrected chi connectivity index (χ2v) is 6.36. The Morgan fingerprint density at radius 3 is 2.74 bits per heavy atom. The molecule has 2 aliphatic carbocycles. The van der Waals surface area contributed by atoms with Gasteiger partial charge in [0.05, 0.1) is 6.54 Å². The minimum absolute atomic E-state index is 0.000325. The van der Waals surface area contributed by atoms with E-state index in [1.54, 1.807) is 4.90 Å². The first-order valence-corrected chi connectivity index (χ1v) is 7.35. The summed E-state index contributed by atoms with van der Waals surface area (Å²) in [5.74, 6) is 0.991. The minimum Gasteiger partial charge on any atom is -0.340 e. The zero-order chi connectivity index (χ0) is 13.5. The molecule has 0 spiro atoms. The predicted molar refractivity (Wildman–Crippen MR) is 72.3 cm³/mol. The molecule has 104 valence electrons. The second-order valence-electron chi connectivity index (χ2n) is 6.36. The molecular formula is C15H22N2O2. The molecule has 0 bridgehead atoms. The molecule has 3 rings (SSSR count). The van der Waals surface area contributed by atoms with Crippen molar-refractivity contribution in [1.82, 2.24) is 10.2 Å². The monoisotopic (exact) mass is 262 g/mol. The summed E-state index contributed by atoms with van der Waals surface area (Å²) in [6, 6.07) is 0. The number of carbonyl (C=O) groups is 2. The van der Waals surface area contributed by atoms with Crippen molar-refractivity contribution in [3.8, 4) is 0 Å². The van der Waals surface area contributed by atoms with Gasteiger partial charge in [0.1, 0.15) is 5.54 Å². The van der Waals surface area contributed by atoms with Crippen molar-refractivity contribution < 1.29 is 9.59 Å². The number of piperazine rings is 1. The molecule has 19 heavy (non-hydrogen) atoms. The van der Waals surface area contributed by atoms with E-state index < -0.39 is 5.54 Å². The molecule has 1 saturated carbocycles. The molecule has 4 nitrogen and oxygen atoms in total. The number of hydrogen-bond donors (Lipinski definition) is 1. The van der Waals surface area contributed by atoms with Crippen LogP contribution in [0, 0.1) is 11.8 Å². The van der Waals surface area contributed by atoms with E-state index in [0.29, 0.717) is 11.8 Å². The van der Waals surface area contributed by atoms with E-state index in [9.17, 15) is 9.59 Å². The van der Waals surface area contributed by atoms with Gasteiger partial charge in [-0.2, -0.15) is 0 Å². The first-order valence-electron chi connectivity index (χ1n) is 7.35. The number of allylic oxidation sites excluding steroid dienone is 2. The molecule has 0 aromatic heterocycles. The van der Waals surface area contributed by atoms with Crippen molar-refractivity contribution in [2.45, 2.75) is 44.6 Å². The third-order valence-corrected chi connectivity index (χ3v) is 4.72. The lowest BCUT2D eigenvalue weighted by Gasteiger charge is -2.41. The normalized spacial score (nSPS) is 35.4. The van der Waals surface area contributed by atoms with Gasteiger partial charge < -0.3 is 10.2 Å². The van der Waals surface area contributed by atoms with Crippen LogP contribution in [0.3, 0.4) is 0 Å². The van der Waals surface area contributed by atoms with Crippen LogP contribution in [0.25, 0.3) is 0 Å². The summed E-state index contributed by atoms with van der Waals surface area (Å²) in [5, 5.41) is 2.93. The summed E-state index contributed by atoms with van der Waals surface area (Å²) in [6.07, 6.45) is 9.77. The maximum atomic E-state index is 12.6. The van der Waals surface area contributed by atoms with Crippen LogP contribution in [0.15, 0.2) is 12.2 Å². The predicted octanol–water partition coefficient (Wildman–Crippen LogP) is 1.47. The van der Waals surface area contributed by atoms with E-state index >= 15 is 0 Å². The molecule has 4 heteroatoms. The van der Waals surface area contributed by atoms with Gasteiger partial charge >= 0.3 is 0 Å². The third-order valence-electron chi connectivity index (χ3n) is 4.72. The molecule has 3 aliphatic rings. The molecule has 0 radical (unpaired) electrons. The van der Waals surface area contributed by atoms with E-state index in [2.05, 4.69) is 17.5 Å². The van der Waals surface area contributed by atoms with Gasteiger partial charge in [-0.05, 0) is 50.9 Å². The Kier molecular flexibility index (Phi) is 3.11. The summed E-state index contributed by atoms with van der Waals surface area (Å²) < 4.78 is 0. The number of carbonyl (C=O) groups excluding carboxylic acids is 2. The molecule has 1 saturated heterocycles. The highest BCUT2D eigenvalue weighted by atomic mass is 16.2. The number of amides is 2. The van der Waals surface area contributed by atoms with Crippen molar-refractivity contribution in [1.29, 1.82) is 0 Å². The highest BCUT2D eigenvalue weighted by Gasteiger charge is 2.52. The van der Waals surface area contributed by atoms with E-state index in [4.69, 9.17) is 0 Å². The Morgan fingerprint density at radius 1 is 1.32 bits per heavy atom. The van der Waals surface area contributed by atoms with E-state index in [1.807, 2.05) is 6.92 Å². The fraction of sp³-hybridized carbons (Fsp3) is 0.733. The van der Waals surface area contributed by atoms with Crippen LogP contribution in [0.4, 0.5) is 0 Å². The van der Waals surface area contributed by atoms with Crippen LogP contribution in [0.2, 0.25) is 0 Å². The van der Waals surface area contributed by atoms with Crippen LogP contribution in [-0.2, 0) is 9.59 Å². The standard InChI is InChI=1S/C15H22N2O2/c1-15(12-7-8-12)14(19)17(10-13(18)16-15)9-11-5-3-2-4-6-11/h2-3,11-12H,4-10H2,1H3,(H,16,18). The summed E-state index contributed by atoms with van der Waals surface area (Å²) in [5.41, 5.74) is -0.639. The Labute approximate surface area is 114 Å². The Morgan fingerprint density at radius 2 is 2.11 bits per heavy atom. The smallest absolute Gasteiger partial charge is 0.248 e. The summed E-state index contributed by atoms with van der Waals surface area (Å²) in [4.78, 5) is 26.3. The van der Waals surface area contributed by atoms with E-state index in [1.165, 1.54) is 0 Å². The number of nitrogens with one attached hydrogen (secondary N) is 1. The van der Waals surface area contributed by atoms with Crippen molar-refractivity contribution in [3.63, 3.8) is 0 Å². The summed E-state index contributed by atoms with van der Waals surface area (Å²) >= 11 is 0.